The Balaban J connectivity index is 1.34. The van der Waals surface area contributed by atoms with E-state index in [-0.39, 0.29) is 17.7 Å². The number of thiophene rings is 1. The Hall–Kier alpha value is -2.64. The van der Waals surface area contributed by atoms with E-state index in [1.807, 2.05) is 36.6 Å². The molecule has 2 aromatic carbocycles. The van der Waals surface area contributed by atoms with Crippen LogP contribution in [0.1, 0.15) is 18.5 Å². The molecule has 0 bridgehead atoms. The van der Waals surface area contributed by atoms with Crippen molar-refractivity contribution in [2.24, 2.45) is 0 Å². The van der Waals surface area contributed by atoms with Crippen LogP contribution in [0.5, 0.6) is 0 Å². The van der Waals surface area contributed by atoms with Crippen molar-refractivity contribution in [2.75, 3.05) is 5.75 Å². The van der Waals surface area contributed by atoms with Gasteiger partial charge in [-0.05, 0) is 40.8 Å². The monoisotopic (exact) mass is 394 g/mol. The summed E-state index contributed by atoms with van der Waals surface area (Å²) in [5, 5.41) is 15.1. The van der Waals surface area contributed by atoms with E-state index in [0.717, 1.165) is 16.3 Å². The number of thioether (sulfide) groups is 1. The second-order valence-electron chi connectivity index (χ2n) is 6.13. The minimum atomic E-state index is -0.0588. The largest absolute Gasteiger partial charge is 0.349 e. The van der Waals surface area contributed by atoms with Crippen LogP contribution in [0.4, 0.5) is 0 Å². The summed E-state index contributed by atoms with van der Waals surface area (Å²) in [5.74, 6) is 0.972. The second-order valence-corrected chi connectivity index (χ2v) is 8.02. The Morgan fingerprint density at radius 2 is 2.04 bits per heavy atom. The smallest absolute Gasteiger partial charge is 0.230 e. The fraction of sp³-hybridized carbons (Fsp3) is 0.150. The minimum absolute atomic E-state index is 0.0388. The van der Waals surface area contributed by atoms with Crippen molar-refractivity contribution in [3.8, 4) is 10.7 Å². The van der Waals surface area contributed by atoms with Crippen LogP contribution < -0.4 is 5.32 Å². The third-order valence-electron chi connectivity index (χ3n) is 4.20. The fourth-order valence-electron chi connectivity index (χ4n) is 2.81. The van der Waals surface area contributed by atoms with Crippen LogP contribution in [0.25, 0.3) is 21.5 Å². The Morgan fingerprint density at radius 3 is 2.85 bits per heavy atom. The first-order chi connectivity index (χ1) is 13.2. The molecule has 27 heavy (non-hydrogen) atoms. The summed E-state index contributed by atoms with van der Waals surface area (Å²) in [6.07, 6.45) is 0. The van der Waals surface area contributed by atoms with Gasteiger partial charge in [-0.2, -0.15) is 0 Å². The lowest BCUT2D eigenvalue weighted by atomic mass is 10.0. The molecule has 0 aliphatic heterocycles. The molecule has 1 amide bonds. The first-order valence-corrected chi connectivity index (χ1v) is 10.4. The quantitative estimate of drug-likeness (QED) is 0.467. The Morgan fingerprint density at radius 1 is 1.19 bits per heavy atom. The van der Waals surface area contributed by atoms with Gasteiger partial charge >= 0.3 is 0 Å². The molecular weight excluding hydrogens is 376 g/mol. The maximum atomic E-state index is 12.3. The predicted molar refractivity (Wildman–Crippen MR) is 111 cm³/mol. The van der Waals surface area contributed by atoms with Crippen LogP contribution in [-0.2, 0) is 4.79 Å². The summed E-state index contributed by atoms with van der Waals surface area (Å²) < 4.78 is 0. The number of hydrogen-bond donors (Lipinski definition) is 2. The van der Waals surface area contributed by atoms with Gasteiger partial charge in [-0.15, -0.1) is 16.4 Å². The molecule has 0 fully saturated rings. The number of carbonyl (C=O) groups excluding carboxylic acids is 1. The highest BCUT2D eigenvalue weighted by Gasteiger charge is 2.13. The highest BCUT2D eigenvalue weighted by atomic mass is 32.2. The van der Waals surface area contributed by atoms with Crippen molar-refractivity contribution < 1.29 is 4.79 Å². The van der Waals surface area contributed by atoms with Crippen LogP contribution in [0.2, 0.25) is 0 Å². The number of aromatic nitrogens is 3. The Labute approximate surface area is 165 Å². The van der Waals surface area contributed by atoms with Gasteiger partial charge in [-0.3, -0.25) is 9.89 Å². The molecule has 0 saturated heterocycles. The average Bonchev–Trinajstić information content (AvgIpc) is 3.37. The summed E-state index contributed by atoms with van der Waals surface area (Å²) in [6.45, 7) is 1.99. The molecule has 136 valence electrons. The minimum Gasteiger partial charge on any atom is -0.349 e. The predicted octanol–water partition coefficient (Wildman–Crippen LogP) is 4.66. The van der Waals surface area contributed by atoms with Gasteiger partial charge in [0.25, 0.3) is 0 Å². The average molecular weight is 395 g/mol. The molecule has 1 atom stereocenters. The highest BCUT2D eigenvalue weighted by Crippen LogP contribution is 2.24. The van der Waals surface area contributed by atoms with Crippen LogP contribution >= 0.6 is 23.1 Å². The van der Waals surface area contributed by atoms with Crippen molar-refractivity contribution in [1.29, 1.82) is 0 Å². The molecule has 0 saturated carbocycles. The number of carbonyl (C=O) groups is 1. The number of hydrogen-bond acceptors (Lipinski definition) is 5. The third kappa shape index (κ3) is 4.20. The Bertz CT molecular complexity index is 1060. The van der Waals surface area contributed by atoms with E-state index in [1.165, 1.54) is 22.5 Å². The summed E-state index contributed by atoms with van der Waals surface area (Å²) in [5.41, 5.74) is 1.09. The number of fused-ring (bicyclic) bond motifs is 1. The lowest BCUT2D eigenvalue weighted by Crippen LogP contribution is -2.28. The molecule has 4 aromatic rings. The Kier molecular flexibility index (Phi) is 5.22. The van der Waals surface area contributed by atoms with Crippen molar-refractivity contribution >= 4 is 39.8 Å². The van der Waals surface area contributed by atoms with Crippen molar-refractivity contribution in [1.82, 2.24) is 20.5 Å². The molecule has 4 rings (SSSR count). The summed E-state index contributed by atoms with van der Waals surface area (Å²) in [4.78, 5) is 17.8. The first-order valence-electron chi connectivity index (χ1n) is 8.56. The molecule has 0 aliphatic carbocycles. The highest BCUT2D eigenvalue weighted by molar-refractivity contribution is 7.99. The van der Waals surface area contributed by atoms with E-state index in [4.69, 9.17) is 0 Å². The lowest BCUT2D eigenvalue weighted by molar-refractivity contribution is -0.119. The normalized spacial score (nSPS) is 12.2. The zero-order valence-corrected chi connectivity index (χ0v) is 16.3. The van der Waals surface area contributed by atoms with Gasteiger partial charge in [0.2, 0.25) is 11.1 Å². The topological polar surface area (TPSA) is 70.7 Å². The molecule has 2 N–H and O–H groups in total. The molecule has 7 heteroatoms. The zero-order chi connectivity index (χ0) is 18.6. The van der Waals surface area contributed by atoms with Crippen molar-refractivity contribution in [3.63, 3.8) is 0 Å². The van der Waals surface area contributed by atoms with Gasteiger partial charge in [0.1, 0.15) is 0 Å². The molecule has 0 radical (unpaired) electrons. The van der Waals surface area contributed by atoms with E-state index < -0.39 is 0 Å². The van der Waals surface area contributed by atoms with Gasteiger partial charge in [-0.1, -0.05) is 54.2 Å². The molecule has 0 spiro atoms. The van der Waals surface area contributed by atoms with E-state index in [9.17, 15) is 4.79 Å². The maximum absolute atomic E-state index is 12.3. The number of nitrogens with one attached hydrogen (secondary N) is 2. The molecule has 2 aromatic heterocycles. The maximum Gasteiger partial charge on any atom is 0.230 e. The van der Waals surface area contributed by atoms with Crippen LogP contribution in [0.15, 0.2) is 65.1 Å². The van der Waals surface area contributed by atoms with Crippen molar-refractivity contribution in [3.05, 3.63) is 65.5 Å². The van der Waals surface area contributed by atoms with Crippen molar-refractivity contribution in [2.45, 2.75) is 18.1 Å². The second kappa shape index (κ2) is 7.94. The van der Waals surface area contributed by atoms with Crippen LogP contribution in [-0.4, -0.2) is 26.8 Å². The number of nitrogens with zero attached hydrogens (tertiary/aromatic N) is 2. The number of amides is 1. The molecular formula is C20H18N4OS2. The van der Waals surface area contributed by atoms with Gasteiger partial charge in [-0.25, -0.2) is 4.98 Å². The van der Waals surface area contributed by atoms with E-state index in [0.29, 0.717) is 5.16 Å². The fourth-order valence-corrected chi connectivity index (χ4v) is 4.08. The molecule has 0 unspecified atom stereocenters. The number of aromatic amines is 1. The third-order valence-corrected chi connectivity index (χ3v) is 5.93. The standard InChI is InChI=1S/C20H18N4OS2/c1-13(15-9-8-14-5-2-3-6-16(14)11-15)21-18(25)12-27-20-22-19(23-24-20)17-7-4-10-26-17/h2-11,13H,12H2,1H3,(H,21,25)(H,22,23,24)/t13-/m1/s1. The van der Waals surface area contributed by atoms with E-state index in [2.05, 4.69) is 50.8 Å². The molecule has 2 heterocycles. The van der Waals surface area contributed by atoms with Gasteiger partial charge in [0.05, 0.1) is 16.7 Å². The lowest BCUT2D eigenvalue weighted by Gasteiger charge is -2.14. The SMILES string of the molecule is C[C@@H](NC(=O)CSc1n[nH]c(-c2cccs2)n1)c1ccc2ccccc2c1. The summed E-state index contributed by atoms with van der Waals surface area (Å²) in [6, 6.07) is 18.4. The summed E-state index contributed by atoms with van der Waals surface area (Å²) >= 11 is 2.92. The van der Waals surface area contributed by atoms with Gasteiger partial charge < -0.3 is 5.32 Å². The number of H-pyrrole nitrogens is 1. The van der Waals surface area contributed by atoms with Crippen LogP contribution in [0, 0.1) is 0 Å². The zero-order valence-electron chi connectivity index (χ0n) is 14.7. The van der Waals surface area contributed by atoms with E-state index >= 15 is 0 Å². The first kappa shape index (κ1) is 17.8. The summed E-state index contributed by atoms with van der Waals surface area (Å²) in [7, 11) is 0. The van der Waals surface area contributed by atoms with Gasteiger partial charge in [0.15, 0.2) is 5.82 Å². The number of benzene rings is 2. The molecule has 5 nitrogen and oxygen atoms in total. The van der Waals surface area contributed by atoms with E-state index in [1.54, 1.807) is 11.3 Å². The number of rotatable bonds is 6. The molecule has 0 aliphatic rings. The van der Waals surface area contributed by atoms with Crippen LogP contribution in [0.3, 0.4) is 0 Å². The van der Waals surface area contributed by atoms with Gasteiger partial charge in [0, 0.05) is 0 Å².